The Bertz CT molecular complexity index is 467. The predicted molar refractivity (Wildman–Crippen MR) is 58.7 cm³/mol. The summed E-state index contributed by atoms with van der Waals surface area (Å²) in [6.45, 7) is 3.87. The molecule has 0 aliphatic heterocycles. The summed E-state index contributed by atoms with van der Waals surface area (Å²) < 4.78 is 0. The highest BCUT2D eigenvalue weighted by atomic mass is 16.1. The van der Waals surface area contributed by atoms with Gasteiger partial charge in [0.05, 0.1) is 0 Å². The second kappa shape index (κ2) is 4.43. The topological polar surface area (TPSA) is 66.9 Å². The Morgan fingerprint density at radius 3 is 2.67 bits per heavy atom. The summed E-state index contributed by atoms with van der Waals surface area (Å²) in [4.78, 5) is 10.9. The molecule has 3 nitrogen and oxygen atoms in total. The number of rotatable bonds is 2. The summed E-state index contributed by atoms with van der Waals surface area (Å²) in [5.41, 5.74) is 7.97. The van der Waals surface area contributed by atoms with Gasteiger partial charge in [-0.25, -0.2) is 0 Å². The molecule has 0 aliphatic carbocycles. The Morgan fingerprint density at radius 2 is 2.13 bits per heavy atom. The summed E-state index contributed by atoms with van der Waals surface area (Å²) in [5.74, 6) is -0.696. The number of benzene rings is 1. The molecule has 0 atom stereocenters. The highest BCUT2D eigenvalue weighted by molar-refractivity contribution is 6.00. The van der Waals surface area contributed by atoms with E-state index in [4.69, 9.17) is 11.0 Å². The van der Waals surface area contributed by atoms with Crippen LogP contribution in [0.2, 0.25) is 0 Å². The molecular formula is C12H12N2O. The molecule has 1 aromatic carbocycles. The Labute approximate surface area is 88.8 Å². The van der Waals surface area contributed by atoms with E-state index in [-0.39, 0.29) is 5.57 Å². The zero-order chi connectivity index (χ0) is 11.4. The largest absolute Gasteiger partial charge is 0.365 e. The molecule has 0 saturated carbocycles. The van der Waals surface area contributed by atoms with Gasteiger partial charge in [0.15, 0.2) is 0 Å². The van der Waals surface area contributed by atoms with E-state index < -0.39 is 5.91 Å². The van der Waals surface area contributed by atoms with Gasteiger partial charge >= 0.3 is 0 Å². The van der Waals surface area contributed by atoms with Crippen molar-refractivity contribution in [3.63, 3.8) is 0 Å². The second-order valence-electron chi connectivity index (χ2n) is 3.39. The Morgan fingerprint density at radius 1 is 1.47 bits per heavy atom. The van der Waals surface area contributed by atoms with Crippen LogP contribution in [-0.4, -0.2) is 5.91 Å². The van der Waals surface area contributed by atoms with Crippen LogP contribution in [-0.2, 0) is 4.79 Å². The molecule has 0 saturated heterocycles. The Kier molecular flexibility index (Phi) is 3.25. The molecular weight excluding hydrogens is 188 g/mol. The molecule has 76 valence electrons. The van der Waals surface area contributed by atoms with Crippen molar-refractivity contribution in [1.29, 1.82) is 5.26 Å². The van der Waals surface area contributed by atoms with Gasteiger partial charge in [-0.3, -0.25) is 4.79 Å². The molecule has 0 heterocycles. The summed E-state index contributed by atoms with van der Waals surface area (Å²) in [6, 6.07) is 7.61. The van der Waals surface area contributed by atoms with Gasteiger partial charge in [0.2, 0.25) is 0 Å². The molecule has 0 bridgehead atoms. The first-order valence-corrected chi connectivity index (χ1v) is 4.53. The monoisotopic (exact) mass is 200 g/mol. The first-order chi connectivity index (χ1) is 7.04. The number of nitrogens with two attached hydrogens (primary N) is 1. The van der Waals surface area contributed by atoms with Gasteiger partial charge in [0, 0.05) is 0 Å². The molecule has 15 heavy (non-hydrogen) atoms. The molecule has 1 aromatic rings. The normalized spacial score (nSPS) is 10.9. The number of nitrogens with zero attached hydrogens (tertiary/aromatic N) is 1. The lowest BCUT2D eigenvalue weighted by atomic mass is 10.0. The molecule has 0 spiro atoms. The van der Waals surface area contributed by atoms with E-state index in [2.05, 4.69) is 0 Å². The summed E-state index contributed by atoms with van der Waals surface area (Å²) in [5, 5.41) is 8.70. The van der Waals surface area contributed by atoms with Crippen LogP contribution in [0.25, 0.3) is 6.08 Å². The lowest BCUT2D eigenvalue weighted by Crippen LogP contribution is -2.12. The molecule has 0 unspecified atom stereocenters. The van der Waals surface area contributed by atoms with Gasteiger partial charge in [0.1, 0.15) is 11.6 Å². The maximum atomic E-state index is 10.9. The lowest BCUT2D eigenvalue weighted by molar-refractivity contribution is -0.114. The van der Waals surface area contributed by atoms with Gasteiger partial charge in [0.25, 0.3) is 5.91 Å². The van der Waals surface area contributed by atoms with E-state index in [1.165, 1.54) is 6.08 Å². The minimum atomic E-state index is -0.696. The first-order valence-electron chi connectivity index (χ1n) is 4.53. The first kappa shape index (κ1) is 11.0. The standard InChI is InChI=1S/C12H12N2O/c1-8-3-4-9(2)10(5-8)6-11(7-13)12(14)15/h3-6H,1-2H3,(H2,14,15)/b11-6-. The minimum absolute atomic E-state index is 0.0244. The summed E-state index contributed by atoms with van der Waals surface area (Å²) in [7, 11) is 0. The van der Waals surface area contributed by atoms with Crippen molar-refractivity contribution in [3.8, 4) is 6.07 Å². The molecule has 1 rings (SSSR count). The molecule has 0 aromatic heterocycles. The third kappa shape index (κ3) is 2.68. The third-order valence-electron chi connectivity index (χ3n) is 2.12. The van der Waals surface area contributed by atoms with E-state index in [0.717, 1.165) is 16.7 Å². The molecule has 0 fully saturated rings. The molecule has 0 aliphatic rings. The van der Waals surface area contributed by atoms with Gasteiger partial charge in [-0.2, -0.15) is 5.26 Å². The van der Waals surface area contributed by atoms with Crippen LogP contribution >= 0.6 is 0 Å². The minimum Gasteiger partial charge on any atom is -0.365 e. The third-order valence-corrected chi connectivity index (χ3v) is 2.12. The van der Waals surface area contributed by atoms with Crippen LogP contribution in [0.4, 0.5) is 0 Å². The smallest absolute Gasteiger partial charge is 0.259 e. The number of hydrogen-bond donors (Lipinski definition) is 1. The van der Waals surface area contributed by atoms with Crippen molar-refractivity contribution >= 4 is 12.0 Å². The van der Waals surface area contributed by atoms with Gasteiger partial charge in [-0.1, -0.05) is 23.8 Å². The fraction of sp³-hybridized carbons (Fsp3) is 0.167. The van der Waals surface area contributed by atoms with E-state index in [0.29, 0.717) is 0 Å². The fourth-order valence-corrected chi connectivity index (χ4v) is 1.23. The van der Waals surface area contributed by atoms with Crippen molar-refractivity contribution < 1.29 is 4.79 Å². The number of carbonyl (C=O) groups excluding carboxylic acids is 1. The van der Waals surface area contributed by atoms with Crippen LogP contribution in [0.15, 0.2) is 23.8 Å². The molecule has 2 N–H and O–H groups in total. The van der Waals surface area contributed by atoms with Crippen LogP contribution in [0.1, 0.15) is 16.7 Å². The van der Waals surface area contributed by atoms with Crippen LogP contribution in [0.5, 0.6) is 0 Å². The number of amides is 1. The lowest BCUT2D eigenvalue weighted by Gasteiger charge is -2.02. The average molecular weight is 200 g/mol. The number of hydrogen-bond acceptors (Lipinski definition) is 2. The number of carbonyl (C=O) groups is 1. The zero-order valence-corrected chi connectivity index (χ0v) is 8.74. The number of aryl methyl sites for hydroxylation is 2. The maximum Gasteiger partial charge on any atom is 0.259 e. The summed E-state index contributed by atoms with van der Waals surface area (Å²) in [6.07, 6.45) is 1.52. The van der Waals surface area contributed by atoms with E-state index in [1.54, 1.807) is 6.07 Å². The molecule has 3 heteroatoms. The average Bonchev–Trinajstić information content (AvgIpc) is 2.18. The Balaban J connectivity index is 3.23. The van der Waals surface area contributed by atoms with Crippen molar-refractivity contribution in [2.75, 3.05) is 0 Å². The van der Waals surface area contributed by atoms with E-state index in [1.807, 2.05) is 32.0 Å². The van der Waals surface area contributed by atoms with Crippen molar-refractivity contribution in [3.05, 3.63) is 40.5 Å². The number of nitriles is 1. The molecule has 1 amide bonds. The van der Waals surface area contributed by atoms with Gasteiger partial charge in [-0.05, 0) is 31.1 Å². The van der Waals surface area contributed by atoms with Crippen LogP contribution in [0, 0.1) is 25.2 Å². The van der Waals surface area contributed by atoms with E-state index in [9.17, 15) is 4.79 Å². The Hall–Kier alpha value is -2.08. The van der Waals surface area contributed by atoms with Crippen molar-refractivity contribution in [2.45, 2.75) is 13.8 Å². The highest BCUT2D eigenvalue weighted by Crippen LogP contribution is 2.14. The fourth-order valence-electron chi connectivity index (χ4n) is 1.23. The molecule has 0 radical (unpaired) electrons. The van der Waals surface area contributed by atoms with Crippen LogP contribution < -0.4 is 5.73 Å². The number of primary amides is 1. The highest BCUT2D eigenvalue weighted by Gasteiger charge is 2.04. The second-order valence-corrected chi connectivity index (χ2v) is 3.39. The van der Waals surface area contributed by atoms with Crippen molar-refractivity contribution in [2.24, 2.45) is 5.73 Å². The van der Waals surface area contributed by atoms with Crippen molar-refractivity contribution in [1.82, 2.24) is 0 Å². The predicted octanol–water partition coefficient (Wildman–Crippen LogP) is 1.70. The maximum absolute atomic E-state index is 10.9. The van der Waals surface area contributed by atoms with Crippen LogP contribution in [0.3, 0.4) is 0 Å². The van der Waals surface area contributed by atoms with E-state index >= 15 is 0 Å². The van der Waals surface area contributed by atoms with Gasteiger partial charge in [-0.15, -0.1) is 0 Å². The SMILES string of the molecule is Cc1ccc(C)c(/C=C(/C#N)C(N)=O)c1. The summed E-state index contributed by atoms with van der Waals surface area (Å²) >= 11 is 0. The quantitative estimate of drug-likeness (QED) is 0.583. The van der Waals surface area contributed by atoms with Gasteiger partial charge < -0.3 is 5.73 Å². The zero-order valence-electron chi connectivity index (χ0n) is 8.74.